The van der Waals surface area contributed by atoms with Gasteiger partial charge in [0.25, 0.3) is 0 Å². The van der Waals surface area contributed by atoms with Crippen molar-refractivity contribution in [3.8, 4) is 5.69 Å². The van der Waals surface area contributed by atoms with Crippen LogP contribution in [0.15, 0.2) is 42.6 Å². The van der Waals surface area contributed by atoms with Gasteiger partial charge in [-0.3, -0.25) is 4.79 Å². The first-order valence-corrected chi connectivity index (χ1v) is 7.02. The maximum Gasteiger partial charge on any atom is 0.181 e. The quantitative estimate of drug-likeness (QED) is 0.783. The normalized spacial score (nSPS) is 13.2. The molecule has 0 saturated carbocycles. The highest BCUT2D eigenvalue weighted by Gasteiger charge is 2.24. The Labute approximate surface area is 120 Å². The van der Waals surface area contributed by atoms with Crippen LogP contribution in [-0.4, -0.2) is 15.6 Å². The van der Waals surface area contributed by atoms with Gasteiger partial charge in [-0.2, -0.15) is 5.10 Å². The van der Waals surface area contributed by atoms with E-state index in [0.29, 0.717) is 18.0 Å². The van der Waals surface area contributed by atoms with Gasteiger partial charge in [0, 0.05) is 6.42 Å². The number of aromatic nitrogens is 2. The van der Waals surface area contributed by atoms with Gasteiger partial charge >= 0.3 is 0 Å². The van der Waals surface area contributed by atoms with Crippen molar-refractivity contribution >= 4 is 5.78 Å². The Balaban J connectivity index is 2.23. The molecule has 1 aromatic carbocycles. The Morgan fingerprint density at radius 1 is 1.20 bits per heavy atom. The highest BCUT2D eigenvalue weighted by molar-refractivity contribution is 5.95. The monoisotopic (exact) mass is 270 g/mol. The summed E-state index contributed by atoms with van der Waals surface area (Å²) in [5.41, 5.74) is 1.71. The first-order chi connectivity index (χ1) is 9.39. The lowest BCUT2D eigenvalue weighted by atomic mass is 9.79. The second-order valence-corrected chi connectivity index (χ2v) is 6.36. The molecule has 1 heterocycles. The lowest BCUT2D eigenvalue weighted by molar-refractivity contribution is 0.0919. The van der Waals surface area contributed by atoms with E-state index in [1.807, 2.05) is 30.3 Å². The van der Waals surface area contributed by atoms with Crippen molar-refractivity contribution in [2.45, 2.75) is 34.1 Å². The van der Waals surface area contributed by atoms with Gasteiger partial charge in [0.15, 0.2) is 5.78 Å². The lowest BCUT2D eigenvalue weighted by Crippen LogP contribution is -2.21. The molecule has 0 saturated heterocycles. The SMILES string of the molecule is CC(CC(=O)c1ccnn1-c1ccccc1)C(C)(C)C. The van der Waals surface area contributed by atoms with E-state index in [-0.39, 0.29) is 11.2 Å². The molecule has 20 heavy (non-hydrogen) atoms. The summed E-state index contributed by atoms with van der Waals surface area (Å²) < 4.78 is 1.72. The van der Waals surface area contributed by atoms with Crippen LogP contribution in [0.1, 0.15) is 44.6 Å². The van der Waals surface area contributed by atoms with Crippen molar-refractivity contribution in [2.75, 3.05) is 0 Å². The second-order valence-electron chi connectivity index (χ2n) is 6.36. The second kappa shape index (κ2) is 5.61. The Hall–Kier alpha value is -1.90. The van der Waals surface area contributed by atoms with Crippen LogP contribution < -0.4 is 0 Å². The number of para-hydroxylation sites is 1. The van der Waals surface area contributed by atoms with Gasteiger partial charge in [0.1, 0.15) is 5.69 Å². The first kappa shape index (κ1) is 14.5. The molecule has 3 heteroatoms. The number of nitrogens with zero attached hydrogens (tertiary/aromatic N) is 2. The molecule has 0 amide bonds. The predicted molar refractivity (Wildman–Crippen MR) is 81.1 cm³/mol. The van der Waals surface area contributed by atoms with Crippen LogP contribution in [-0.2, 0) is 0 Å². The van der Waals surface area contributed by atoms with E-state index in [0.717, 1.165) is 5.69 Å². The molecule has 1 atom stereocenters. The molecule has 2 aromatic rings. The molecule has 0 bridgehead atoms. The standard InChI is InChI=1S/C17H22N2O/c1-13(17(2,3)4)12-16(20)15-10-11-18-19(15)14-8-6-5-7-9-14/h5-11,13H,12H2,1-4H3. The molecule has 2 rings (SSSR count). The molecule has 0 fully saturated rings. The van der Waals surface area contributed by atoms with Crippen molar-refractivity contribution in [1.29, 1.82) is 0 Å². The third-order valence-electron chi connectivity index (χ3n) is 3.90. The summed E-state index contributed by atoms with van der Waals surface area (Å²) in [4.78, 5) is 12.5. The molecule has 1 unspecified atom stereocenters. The minimum atomic E-state index is 0.132. The fraction of sp³-hybridized carbons (Fsp3) is 0.412. The topological polar surface area (TPSA) is 34.9 Å². The van der Waals surface area contributed by atoms with E-state index < -0.39 is 0 Å². The molecule has 0 spiro atoms. The lowest BCUT2D eigenvalue weighted by Gasteiger charge is -2.26. The Bertz CT molecular complexity index is 579. The van der Waals surface area contributed by atoms with E-state index >= 15 is 0 Å². The fourth-order valence-electron chi connectivity index (χ4n) is 1.98. The minimum absolute atomic E-state index is 0.132. The highest BCUT2D eigenvalue weighted by atomic mass is 16.1. The average Bonchev–Trinajstić information content (AvgIpc) is 2.87. The third-order valence-corrected chi connectivity index (χ3v) is 3.90. The molecule has 106 valence electrons. The molecule has 1 aromatic heterocycles. The summed E-state index contributed by atoms with van der Waals surface area (Å²) in [6.07, 6.45) is 2.23. The Morgan fingerprint density at radius 2 is 1.85 bits per heavy atom. The zero-order chi connectivity index (χ0) is 14.8. The maximum absolute atomic E-state index is 12.5. The molecule has 0 N–H and O–H groups in total. The van der Waals surface area contributed by atoms with Gasteiger partial charge in [0.2, 0.25) is 0 Å². The molecular weight excluding hydrogens is 248 g/mol. The Kier molecular flexibility index (Phi) is 4.07. The van der Waals surface area contributed by atoms with Crippen molar-refractivity contribution in [3.63, 3.8) is 0 Å². The number of carbonyl (C=O) groups excluding carboxylic acids is 1. The van der Waals surface area contributed by atoms with Crippen LogP contribution in [0.5, 0.6) is 0 Å². The van der Waals surface area contributed by atoms with E-state index in [2.05, 4.69) is 32.8 Å². The van der Waals surface area contributed by atoms with Gasteiger partial charge < -0.3 is 0 Å². The summed E-state index contributed by atoms with van der Waals surface area (Å²) in [5.74, 6) is 0.475. The van der Waals surface area contributed by atoms with E-state index in [1.165, 1.54) is 0 Å². The van der Waals surface area contributed by atoms with Gasteiger partial charge in [0.05, 0.1) is 11.9 Å². The number of Topliss-reactive ketones (excluding diaryl/α,β-unsaturated/α-hetero) is 1. The highest BCUT2D eigenvalue weighted by Crippen LogP contribution is 2.29. The molecule has 0 aliphatic heterocycles. The van der Waals surface area contributed by atoms with Gasteiger partial charge in [-0.15, -0.1) is 0 Å². The number of carbonyl (C=O) groups is 1. The van der Waals surface area contributed by atoms with Gasteiger partial charge in [-0.25, -0.2) is 4.68 Å². The maximum atomic E-state index is 12.5. The number of hydrogen-bond acceptors (Lipinski definition) is 2. The van der Waals surface area contributed by atoms with Crippen molar-refractivity contribution in [1.82, 2.24) is 9.78 Å². The predicted octanol–water partition coefficient (Wildman–Crippen LogP) is 4.13. The van der Waals surface area contributed by atoms with Crippen molar-refractivity contribution < 1.29 is 4.79 Å². The summed E-state index contributed by atoms with van der Waals surface area (Å²) in [5, 5.41) is 4.27. The van der Waals surface area contributed by atoms with Crippen molar-refractivity contribution in [3.05, 3.63) is 48.3 Å². The van der Waals surface area contributed by atoms with Gasteiger partial charge in [-0.05, 0) is 29.5 Å². The summed E-state index contributed by atoms with van der Waals surface area (Å²) >= 11 is 0. The van der Waals surface area contributed by atoms with E-state index in [1.54, 1.807) is 16.9 Å². The Morgan fingerprint density at radius 3 is 2.45 bits per heavy atom. The molecule has 0 radical (unpaired) electrons. The van der Waals surface area contributed by atoms with Crippen LogP contribution in [0.3, 0.4) is 0 Å². The third kappa shape index (κ3) is 3.16. The molecular formula is C17H22N2O. The van der Waals surface area contributed by atoms with Crippen LogP contribution in [0, 0.1) is 11.3 Å². The molecule has 0 aliphatic carbocycles. The van der Waals surface area contributed by atoms with Crippen LogP contribution >= 0.6 is 0 Å². The van der Waals surface area contributed by atoms with Gasteiger partial charge in [-0.1, -0.05) is 45.9 Å². The van der Waals surface area contributed by atoms with Crippen molar-refractivity contribution in [2.24, 2.45) is 11.3 Å². The summed E-state index contributed by atoms with van der Waals surface area (Å²) in [6.45, 7) is 8.62. The largest absolute Gasteiger partial charge is 0.292 e. The van der Waals surface area contributed by atoms with E-state index in [9.17, 15) is 4.79 Å². The molecule has 3 nitrogen and oxygen atoms in total. The van der Waals surface area contributed by atoms with Crippen LogP contribution in [0.4, 0.5) is 0 Å². The molecule has 0 aliphatic rings. The summed E-state index contributed by atoms with van der Waals surface area (Å²) in [7, 11) is 0. The minimum Gasteiger partial charge on any atom is -0.292 e. The van der Waals surface area contributed by atoms with Crippen LogP contribution in [0.2, 0.25) is 0 Å². The zero-order valence-electron chi connectivity index (χ0n) is 12.6. The average molecular weight is 270 g/mol. The number of hydrogen-bond donors (Lipinski definition) is 0. The van der Waals surface area contributed by atoms with Crippen LogP contribution in [0.25, 0.3) is 5.69 Å². The zero-order valence-corrected chi connectivity index (χ0v) is 12.6. The smallest absolute Gasteiger partial charge is 0.181 e. The number of rotatable bonds is 4. The number of benzene rings is 1. The first-order valence-electron chi connectivity index (χ1n) is 7.02. The fourth-order valence-corrected chi connectivity index (χ4v) is 1.98. The summed E-state index contributed by atoms with van der Waals surface area (Å²) in [6, 6.07) is 11.6. The number of ketones is 1. The van der Waals surface area contributed by atoms with E-state index in [4.69, 9.17) is 0 Å².